The van der Waals surface area contributed by atoms with E-state index in [2.05, 4.69) is 15.4 Å². The van der Waals surface area contributed by atoms with Crippen LogP contribution < -0.4 is 11.1 Å². The van der Waals surface area contributed by atoms with Gasteiger partial charge in [-0.2, -0.15) is 5.10 Å². The Morgan fingerprint density at radius 2 is 2.05 bits per heavy atom. The standard InChI is InChI=1S/C16H17N5O/c1-10-12-8-13(14(17)19-15(12)21(2)20-10)16(22)18-9-11-6-4-3-5-7-11/h3-8H,9H2,1-2H3,(H2,17,19)(H,18,22). The Morgan fingerprint density at radius 3 is 2.77 bits per heavy atom. The number of nitrogens with zero attached hydrogens (tertiary/aromatic N) is 3. The molecule has 2 aromatic heterocycles. The molecule has 0 saturated carbocycles. The van der Waals surface area contributed by atoms with Gasteiger partial charge in [-0.1, -0.05) is 30.3 Å². The molecular weight excluding hydrogens is 278 g/mol. The molecule has 0 fully saturated rings. The van der Waals surface area contributed by atoms with Gasteiger partial charge in [-0.3, -0.25) is 9.48 Å². The van der Waals surface area contributed by atoms with Crippen LogP contribution in [0.3, 0.4) is 0 Å². The Kier molecular flexibility index (Phi) is 3.50. The SMILES string of the molecule is Cc1nn(C)c2nc(N)c(C(=O)NCc3ccccc3)cc12. The van der Waals surface area contributed by atoms with Gasteiger partial charge in [0.25, 0.3) is 5.91 Å². The third-order valence-corrected chi connectivity index (χ3v) is 3.57. The van der Waals surface area contributed by atoms with Crippen molar-refractivity contribution in [3.05, 3.63) is 53.2 Å². The Balaban J connectivity index is 1.87. The first kappa shape index (κ1) is 14.1. The van der Waals surface area contributed by atoms with E-state index in [1.165, 1.54) is 0 Å². The van der Waals surface area contributed by atoms with Gasteiger partial charge in [0.15, 0.2) is 5.65 Å². The third kappa shape index (κ3) is 2.50. The maximum Gasteiger partial charge on any atom is 0.255 e. The van der Waals surface area contributed by atoms with Crippen LogP contribution in [0.25, 0.3) is 11.0 Å². The van der Waals surface area contributed by atoms with E-state index in [1.807, 2.05) is 37.3 Å². The van der Waals surface area contributed by atoms with Gasteiger partial charge in [-0.25, -0.2) is 4.98 Å². The highest BCUT2D eigenvalue weighted by Crippen LogP contribution is 2.20. The number of hydrogen-bond acceptors (Lipinski definition) is 4. The molecule has 3 aromatic rings. The molecular formula is C16H17N5O. The number of nitrogens with two attached hydrogens (primary N) is 1. The lowest BCUT2D eigenvalue weighted by atomic mass is 10.1. The van der Waals surface area contributed by atoms with Crippen LogP contribution in [0.4, 0.5) is 5.82 Å². The average Bonchev–Trinajstić information content (AvgIpc) is 2.79. The van der Waals surface area contributed by atoms with Crippen LogP contribution in [0.2, 0.25) is 0 Å². The number of amides is 1. The zero-order chi connectivity index (χ0) is 15.7. The highest BCUT2D eigenvalue weighted by molar-refractivity contribution is 6.01. The van der Waals surface area contributed by atoms with Crippen molar-refractivity contribution in [2.24, 2.45) is 7.05 Å². The second kappa shape index (κ2) is 5.48. The highest BCUT2D eigenvalue weighted by atomic mass is 16.1. The molecule has 0 atom stereocenters. The van der Waals surface area contributed by atoms with Crippen LogP contribution in [0.5, 0.6) is 0 Å². The lowest BCUT2D eigenvalue weighted by Gasteiger charge is -2.08. The number of rotatable bonds is 3. The summed E-state index contributed by atoms with van der Waals surface area (Å²) < 4.78 is 1.66. The van der Waals surface area contributed by atoms with Crippen molar-refractivity contribution in [2.75, 3.05) is 5.73 Å². The molecule has 1 aromatic carbocycles. The molecule has 112 valence electrons. The van der Waals surface area contributed by atoms with Crippen LogP contribution in [-0.4, -0.2) is 20.7 Å². The fraction of sp³-hybridized carbons (Fsp3) is 0.188. The molecule has 0 aliphatic rings. The molecule has 2 heterocycles. The third-order valence-electron chi connectivity index (χ3n) is 3.57. The van der Waals surface area contributed by atoms with Crippen LogP contribution in [-0.2, 0) is 13.6 Å². The first-order valence-electron chi connectivity index (χ1n) is 6.98. The summed E-state index contributed by atoms with van der Waals surface area (Å²) >= 11 is 0. The first-order valence-corrected chi connectivity index (χ1v) is 6.98. The van der Waals surface area contributed by atoms with Gasteiger partial charge in [0.2, 0.25) is 0 Å². The lowest BCUT2D eigenvalue weighted by Crippen LogP contribution is -2.24. The van der Waals surface area contributed by atoms with Gasteiger partial charge < -0.3 is 11.1 Å². The van der Waals surface area contributed by atoms with Crippen LogP contribution in [0.15, 0.2) is 36.4 Å². The van der Waals surface area contributed by atoms with Crippen LogP contribution in [0.1, 0.15) is 21.6 Å². The molecule has 0 unspecified atom stereocenters. The van der Waals surface area contributed by atoms with Crippen molar-refractivity contribution in [1.82, 2.24) is 20.1 Å². The summed E-state index contributed by atoms with van der Waals surface area (Å²) in [6, 6.07) is 11.5. The van der Waals surface area contributed by atoms with Crippen molar-refractivity contribution in [3.8, 4) is 0 Å². The van der Waals surface area contributed by atoms with E-state index in [9.17, 15) is 4.79 Å². The molecule has 0 aliphatic carbocycles. The predicted molar refractivity (Wildman–Crippen MR) is 85.3 cm³/mol. The topological polar surface area (TPSA) is 85.8 Å². The Morgan fingerprint density at radius 1 is 1.32 bits per heavy atom. The molecule has 22 heavy (non-hydrogen) atoms. The normalized spacial score (nSPS) is 10.8. The fourth-order valence-electron chi connectivity index (χ4n) is 2.41. The van der Waals surface area contributed by atoms with Crippen LogP contribution >= 0.6 is 0 Å². The fourth-order valence-corrected chi connectivity index (χ4v) is 2.41. The zero-order valence-corrected chi connectivity index (χ0v) is 12.5. The molecule has 0 saturated heterocycles. The van der Waals surface area contributed by atoms with Gasteiger partial charge in [0.1, 0.15) is 5.82 Å². The molecule has 3 N–H and O–H groups in total. The van der Waals surface area contributed by atoms with Gasteiger partial charge in [0.05, 0.1) is 11.3 Å². The summed E-state index contributed by atoms with van der Waals surface area (Å²) in [6.45, 7) is 2.33. The van der Waals surface area contributed by atoms with E-state index in [0.717, 1.165) is 16.6 Å². The summed E-state index contributed by atoms with van der Waals surface area (Å²) in [4.78, 5) is 16.6. The predicted octanol–water partition coefficient (Wildman–Crippen LogP) is 1.79. The number of nitrogens with one attached hydrogen (secondary N) is 1. The summed E-state index contributed by atoms with van der Waals surface area (Å²) in [6.07, 6.45) is 0. The molecule has 6 heteroatoms. The van der Waals surface area contributed by atoms with Crippen molar-refractivity contribution in [1.29, 1.82) is 0 Å². The van der Waals surface area contributed by atoms with E-state index in [-0.39, 0.29) is 11.7 Å². The summed E-state index contributed by atoms with van der Waals surface area (Å²) in [7, 11) is 1.80. The average molecular weight is 295 g/mol. The number of fused-ring (bicyclic) bond motifs is 1. The Labute approximate surface area is 128 Å². The Bertz CT molecular complexity index is 839. The van der Waals surface area contributed by atoms with Crippen molar-refractivity contribution in [3.63, 3.8) is 0 Å². The molecule has 0 aliphatic heterocycles. The van der Waals surface area contributed by atoms with E-state index < -0.39 is 0 Å². The minimum Gasteiger partial charge on any atom is -0.383 e. The molecule has 6 nitrogen and oxygen atoms in total. The van der Waals surface area contributed by atoms with Crippen molar-refractivity contribution in [2.45, 2.75) is 13.5 Å². The highest BCUT2D eigenvalue weighted by Gasteiger charge is 2.15. The van der Waals surface area contributed by atoms with E-state index >= 15 is 0 Å². The maximum absolute atomic E-state index is 12.3. The summed E-state index contributed by atoms with van der Waals surface area (Å²) in [5, 5.41) is 7.99. The molecule has 3 rings (SSSR count). The van der Waals surface area contributed by atoms with E-state index in [0.29, 0.717) is 17.8 Å². The smallest absolute Gasteiger partial charge is 0.255 e. The summed E-state index contributed by atoms with van der Waals surface area (Å²) in [5.74, 6) is -0.0277. The molecule has 0 bridgehead atoms. The number of hydrogen-bond donors (Lipinski definition) is 2. The molecule has 1 amide bonds. The minimum absolute atomic E-state index is 0.209. The number of carbonyl (C=O) groups is 1. The van der Waals surface area contributed by atoms with Gasteiger partial charge in [-0.15, -0.1) is 0 Å². The lowest BCUT2D eigenvalue weighted by molar-refractivity contribution is 0.0951. The zero-order valence-electron chi connectivity index (χ0n) is 12.5. The van der Waals surface area contributed by atoms with Crippen molar-refractivity contribution >= 4 is 22.8 Å². The van der Waals surface area contributed by atoms with E-state index in [1.54, 1.807) is 17.8 Å². The first-order chi connectivity index (χ1) is 10.6. The number of carbonyl (C=O) groups excluding carboxylic acids is 1. The second-order valence-electron chi connectivity index (χ2n) is 5.17. The monoisotopic (exact) mass is 295 g/mol. The number of anilines is 1. The van der Waals surface area contributed by atoms with E-state index in [4.69, 9.17) is 5.73 Å². The largest absolute Gasteiger partial charge is 0.383 e. The van der Waals surface area contributed by atoms with Gasteiger partial charge in [-0.05, 0) is 18.6 Å². The number of benzene rings is 1. The second-order valence-corrected chi connectivity index (χ2v) is 5.17. The number of aryl methyl sites for hydroxylation is 2. The minimum atomic E-state index is -0.237. The number of nitrogen functional groups attached to an aromatic ring is 1. The van der Waals surface area contributed by atoms with Gasteiger partial charge in [0, 0.05) is 19.0 Å². The Hall–Kier alpha value is -2.89. The maximum atomic E-state index is 12.3. The van der Waals surface area contributed by atoms with Crippen LogP contribution in [0, 0.1) is 6.92 Å². The van der Waals surface area contributed by atoms with Crippen molar-refractivity contribution < 1.29 is 4.79 Å². The van der Waals surface area contributed by atoms with Gasteiger partial charge >= 0.3 is 0 Å². The molecule has 0 spiro atoms. The number of aromatic nitrogens is 3. The quantitative estimate of drug-likeness (QED) is 0.771. The summed E-state index contributed by atoms with van der Waals surface area (Å²) in [5.41, 5.74) is 8.82. The number of pyridine rings is 1. The molecule has 0 radical (unpaired) electrons.